The molecule has 0 unspecified atom stereocenters. The number of benzene rings is 1. The van der Waals surface area contributed by atoms with Gasteiger partial charge in [-0.2, -0.15) is 0 Å². The number of amides is 1. The van der Waals surface area contributed by atoms with E-state index in [0.717, 1.165) is 6.42 Å². The lowest BCUT2D eigenvalue weighted by molar-refractivity contribution is 0.148. The van der Waals surface area contributed by atoms with Gasteiger partial charge < -0.3 is 10.1 Å². The second-order valence-electron chi connectivity index (χ2n) is 3.40. The maximum atomic E-state index is 11.0. The Morgan fingerprint density at radius 1 is 1.33 bits per heavy atom. The van der Waals surface area contributed by atoms with Gasteiger partial charge in [-0.3, -0.25) is 0 Å². The van der Waals surface area contributed by atoms with Gasteiger partial charge in [0.05, 0.1) is 6.61 Å². The molecule has 0 heterocycles. The molecule has 0 radical (unpaired) electrons. The van der Waals surface area contributed by atoms with Gasteiger partial charge in [-0.05, 0) is 19.4 Å². The van der Waals surface area contributed by atoms with E-state index in [1.165, 1.54) is 11.1 Å². The first-order valence-electron chi connectivity index (χ1n) is 5.18. The van der Waals surface area contributed by atoms with E-state index in [9.17, 15) is 4.79 Å². The van der Waals surface area contributed by atoms with Crippen molar-refractivity contribution in [1.29, 1.82) is 0 Å². The van der Waals surface area contributed by atoms with E-state index < -0.39 is 0 Å². The number of carbonyl (C=O) groups is 1. The first kappa shape index (κ1) is 11.6. The van der Waals surface area contributed by atoms with Crippen LogP contribution in [0.25, 0.3) is 0 Å². The summed E-state index contributed by atoms with van der Waals surface area (Å²) in [6.45, 7) is 4.94. The number of alkyl carbamates (subject to hydrolysis) is 1. The minimum absolute atomic E-state index is 0.343. The Morgan fingerprint density at radius 2 is 2.00 bits per heavy atom. The van der Waals surface area contributed by atoms with Crippen molar-refractivity contribution in [2.75, 3.05) is 13.2 Å². The minimum Gasteiger partial charge on any atom is -0.449 e. The van der Waals surface area contributed by atoms with Crippen molar-refractivity contribution in [3.63, 3.8) is 0 Å². The van der Waals surface area contributed by atoms with Crippen LogP contribution in [0.4, 0.5) is 4.79 Å². The molecular formula is C12H17NO2. The Morgan fingerprint density at radius 3 is 2.60 bits per heavy atom. The molecule has 3 heteroatoms. The number of aryl methyl sites for hydroxylation is 1. The van der Waals surface area contributed by atoms with Crippen molar-refractivity contribution < 1.29 is 9.53 Å². The van der Waals surface area contributed by atoms with E-state index in [4.69, 9.17) is 4.74 Å². The predicted octanol–water partition coefficient (Wildman–Crippen LogP) is 2.28. The van der Waals surface area contributed by atoms with Gasteiger partial charge >= 0.3 is 6.09 Å². The maximum absolute atomic E-state index is 11.0. The molecule has 0 spiro atoms. The van der Waals surface area contributed by atoms with Gasteiger partial charge in [0, 0.05) is 13.0 Å². The zero-order valence-electron chi connectivity index (χ0n) is 9.25. The summed E-state index contributed by atoms with van der Waals surface area (Å²) in [7, 11) is 0. The number of rotatable bonds is 4. The molecule has 0 saturated carbocycles. The molecule has 0 aliphatic heterocycles. The maximum Gasteiger partial charge on any atom is 0.407 e. The van der Waals surface area contributed by atoms with Crippen LogP contribution < -0.4 is 5.32 Å². The van der Waals surface area contributed by atoms with Gasteiger partial charge in [0.15, 0.2) is 0 Å². The molecule has 0 bridgehead atoms. The Bertz CT molecular complexity index is 306. The van der Waals surface area contributed by atoms with Gasteiger partial charge in [0.1, 0.15) is 0 Å². The van der Waals surface area contributed by atoms with Gasteiger partial charge in [-0.15, -0.1) is 0 Å². The van der Waals surface area contributed by atoms with Crippen LogP contribution in [0.3, 0.4) is 0 Å². The van der Waals surface area contributed by atoms with Crippen LogP contribution in [0.2, 0.25) is 0 Å². The van der Waals surface area contributed by atoms with Crippen LogP contribution in [-0.2, 0) is 11.2 Å². The van der Waals surface area contributed by atoms with Gasteiger partial charge in [-0.25, -0.2) is 4.79 Å². The Hall–Kier alpha value is -1.51. The summed E-state index contributed by atoms with van der Waals surface area (Å²) in [5.41, 5.74) is 2.42. The SMILES string of the molecule is CCNC(=O)OCCc1ccc(C)cc1. The molecule has 1 rings (SSSR count). The van der Waals surface area contributed by atoms with E-state index in [-0.39, 0.29) is 6.09 Å². The average Bonchev–Trinajstić information content (AvgIpc) is 2.21. The largest absolute Gasteiger partial charge is 0.449 e. The van der Waals surface area contributed by atoms with Crippen molar-refractivity contribution in [1.82, 2.24) is 5.32 Å². The van der Waals surface area contributed by atoms with E-state index in [2.05, 4.69) is 36.5 Å². The molecule has 0 fully saturated rings. The van der Waals surface area contributed by atoms with Crippen molar-refractivity contribution in [2.45, 2.75) is 20.3 Å². The molecule has 1 aromatic rings. The summed E-state index contributed by atoms with van der Waals surface area (Å²) in [6, 6.07) is 8.22. The summed E-state index contributed by atoms with van der Waals surface area (Å²) >= 11 is 0. The molecule has 0 atom stereocenters. The van der Waals surface area contributed by atoms with Crippen LogP contribution in [0.15, 0.2) is 24.3 Å². The normalized spacial score (nSPS) is 9.73. The molecule has 15 heavy (non-hydrogen) atoms. The van der Waals surface area contributed by atoms with Crippen molar-refractivity contribution in [2.24, 2.45) is 0 Å². The summed E-state index contributed by atoms with van der Waals surface area (Å²) in [4.78, 5) is 11.0. The van der Waals surface area contributed by atoms with Gasteiger partial charge in [-0.1, -0.05) is 29.8 Å². The molecule has 1 aromatic carbocycles. The Kier molecular flexibility index (Phi) is 4.68. The minimum atomic E-state index is -0.343. The van der Waals surface area contributed by atoms with Gasteiger partial charge in [0.25, 0.3) is 0 Å². The summed E-state index contributed by atoms with van der Waals surface area (Å²) in [5, 5.41) is 2.58. The summed E-state index contributed by atoms with van der Waals surface area (Å²) in [6.07, 6.45) is 0.418. The summed E-state index contributed by atoms with van der Waals surface area (Å²) in [5.74, 6) is 0. The zero-order valence-corrected chi connectivity index (χ0v) is 9.25. The molecule has 82 valence electrons. The highest BCUT2D eigenvalue weighted by molar-refractivity contribution is 5.66. The lowest BCUT2D eigenvalue weighted by Crippen LogP contribution is -2.24. The lowest BCUT2D eigenvalue weighted by Gasteiger charge is -2.05. The molecule has 3 nitrogen and oxygen atoms in total. The number of hydrogen-bond acceptors (Lipinski definition) is 2. The summed E-state index contributed by atoms with van der Waals surface area (Å²) < 4.78 is 4.97. The topological polar surface area (TPSA) is 38.3 Å². The molecule has 0 saturated heterocycles. The highest BCUT2D eigenvalue weighted by Gasteiger charge is 1.99. The second kappa shape index (κ2) is 6.06. The van der Waals surface area contributed by atoms with Crippen molar-refractivity contribution in [3.8, 4) is 0 Å². The smallest absolute Gasteiger partial charge is 0.407 e. The van der Waals surface area contributed by atoms with Crippen molar-refractivity contribution in [3.05, 3.63) is 35.4 Å². The number of hydrogen-bond donors (Lipinski definition) is 1. The van der Waals surface area contributed by atoms with E-state index in [0.29, 0.717) is 13.2 Å². The third-order valence-electron chi connectivity index (χ3n) is 2.07. The molecular weight excluding hydrogens is 190 g/mol. The zero-order chi connectivity index (χ0) is 11.1. The Labute approximate surface area is 90.4 Å². The molecule has 0 aromatic heterocycles. The van der Waals surface area contributed by atoms with Crippen LogP contribution in [-0.4, -0.2) is 19.2 Å². The fourth-order valence-corrected chi connectivity index (χ4v) is 1.21. The first-order chi connectivity index (χ1) is 7.22. The fraction of sp³-hybridized carbons (Fsp3) is 0.417. The van der Waals surface area contributed by atoms with Crippen molar-refractivity contribution >= 4 is 6.09 Å². The number of nitrogens with one attached hydrogen (secondary N) is 1. The van der Waals surface area contributed by atoms with Crippen LogP contribution >= 0.6 is 0 Å². The predicted molar refractivity (Wildman–Crippen MR) is 59.9 cm³/mol. The van der Waals surface area contributed by atoms with E-state index in [1.54, 1.807) is 0 Å². The van der Waals surface area contributed by atoms with E-state index >= 15 is 0 Å². The van der Waals surface area contributed by atoms with Gasteiger partial charge in [0.2, 0.25) is 0 Å². The molecule has 0 aliphatic carbocycles. The highest BCUT2D eigenvalue weighted by atomic mass is 16.5. The quantitative estimate of drug-likeness (QED) is 0.822. The monoisotopic (exact) mass is 207 g/mol. The highest BCUT2D eigenvalue weighted by Crippen LogP contribution is 2.03. The number of ether oxygens (including phenoxy) is 1. The van der Waals surface area contributed by atoms with E-state index in [1.807, 2.05) is 6.92 Å². The first-order valence-corrected chi connectivity index (χ1v) is 5.18. The van der Waals surface area contributed by atoms with Crippen LogP contribution in [0.5, 0.6) is 0 Å². The molecule has 1 N–H and O–H groups in total. The van der Waals surface area contributed by atoms with Crippen LogP contribution in [0.1, 0.15) is 18.1 Å². The fourth-order valence-electron chi connectivity index (χ4n) is 1.21. The standard InChI is InChI=1S/C12H17NO2/c1-3-13-12(14)15-9-8-11-6-4-10(2)5-7-11/h4-7H,3,8-9H2,1-2H3,(H,13,14). The third-order valence-corrected chi connectivity index (χ3v) is 2.07. The molecule has 1 amide bonds. The number of carbonyl (C=O) groups excluding carboxylic acids is 1. The lowest BCUT2D eigenvalue weighted by atomic mass is 10.1. The third kappa shape index (κ3) is 4.49. The molecule has 0 aliphatic rings. The average molecular weight is 207 g/mol. The Balaban J connectivity index is 2.26. The van der Waals surface area contributed by atoms with Crippen LogP contribution in [0, 0.1) is 6.92 Å². The second-order valence-corrected chi connectivity index (χ2v) is 3.40.